The van der Waals surface area contributed by atoms with Crippen LogP contribution >= 0.6 is 34.5 Å². The molecule has 7 heteroatoms. The Bertz CT molecular complexity index is 643. The van der Waals surface area contributed by atoms with Crippen molar-refractivity contribution in [3.05, 3.63) is 56.2 Å². The zero-order valence-corrected chi connectivity index (χ0v) is 12.3. The molecular weight excluding hydrogens is 321 g/mol. The second-order valence-corrected chi connectivity index (χ2v) is 5.71. The van der Waals surface area contributed by atoms with Crippen LogP contribution in [0.25, 0.3) is 0 Å². The lowest BCUT2D eigenvalue weighted by molar-refractivity contribution is -0.139. The molecule has 1 amide bonds. The number of benzene rings is 1. The molecule has 104 valence electrons. The van der Waals surface area contributed by atoms with Crippen LogP contribution in [-0.4, -0.2) is 17.0 Å². The van der Waals surface area contributed by atoms with Crippen LogP contribution < -0.4 is 5.32 Å². The molecule has 0 aliphatic rings. The van der Waals surface area contributed by atoms with Gasteiger partial charge in [-0.3, -0.25) is 4.79 Å². The molecule has 2 rings (SSSR count). The first-order valence-electron chi connectivity index (χ1n) is 5.51. The van der Waals surface area contributed by atoms with E-state index >= 15 is 0 Å². The van der Waals surface area contributed by atoms with Gasteiger partial charge in [-0.1, -0.05) is 29.3 Å². The van der Waals surface area contributed by atoms with Gasteiger partial charge in [-0.05, 0) is 29.6 Å². The first-order chi connectivity index (χ1) is 9.49. The summed E-state index contributed by atoms with van der Waals surface area (Å²) in [6.45, 7) is 0. The Labute approximate surface area is 128 Å². The zero-order chi connectivity index (χ0) is 14.7. The number of rotatable bonds is 4. The van der Waals surface area contributed by atoms with E-state index in [2.05, 4.69) is 5.32 Å². The van der Waals surface area contributed by atoms with E-state index in [4.69, 9.17) is 23.2 Å². The third-order valence-corrected chi connectivity index (χ3v) is 4.01. The third-order valence-electron chi connectivity index (χ3n) is 2.53. The number of halogens is 2. The van der Waals surface area contributed by atoms with Gasteiger partial charge in [-0.2, -0.15) is 0 Å². The molecule has 0 fully saturated rings. The summed E-state index contributed by atoms with van der Waals surface area (Å²) in [6, 6.07) is 6.66. The lowest BCUT2D eigenvalue weighted by Crippen LogP contribution is -2.33. The molecule has 1 unspecified atom stereocenters. The minimum Gasteiger partial charge on any atom is -0.479 e. The Hall–Kier alpha value is -1.56. The number of carbonyl (C=O) groups is 2. The van der Waals surface area contributed by atoms with Crippen molar-refractivity contribution in [1.82, 2.24) is 5.32 Å². The standard InChI is InChI=1S/C13H9Cl2NO3S/c14-7-3-4-8(9(15)6-7)12(17)16-11(13(18)19)10-2-1-5-20-10/h1-6,11H,(H,16,17)(H,18,19). The fraction of sp³-hybridized carbons (Fsp3) is 0.0769. The average molecular weight is 330 g/mol. The van der Waals surface area contributed by atoms with E-state index in [9.17, 15) is 14.7 Å². The summed E-state index contributed by atoms with van der Waals surface area (Å²) in [6.07, 6.45) is 0. The fourth-order valence-electron chi connectivity index (χ4n) is 1.59. The van der Waals surface area contributed by atoms with Crippen molar-refractivity contribution in [2.24, 2.45) is 0 Å². The van der Waals surface area contributed by atoms with E-state index in [1.165, 1.54) is 29.5 Å². The first kappa shape index (κ1) is 14.8. The molecule has 0 saturated carbocycles. The fourth-order valence-corrected chi connectivity index (χ4v) is 2.85. The average Bonchev–Trinajstić information content (AvgIpc) is 2.88. The highest BCUT2D eigenvalue weighted by Gasteiger charge is 2.24. The van der Waals surface area contributed by atoms with Crippen molar-refractivity contribution in [3.63, 3.8) is 0 Å². The quantitative estimate of drug-likeness (QED) is 0.900. The van der Waals surface area contributed by atoms with Crippen LogP contribution in [0.5, 0.6) is 0 Å². The van der Waals surface area contributed by atoms with Crippen LogP contribution in [0.2, 0.25) is 10.0 Å². The summed E-state index contributed by atoms with van der Waals surface area (Å²) >= 11 is 12.9. The van der Waals surface area contributed by atoms with Crippen molar-refractivity contribution in [2.45, 2.75) is 6.04 Å². The molecular formula is C13H9Cl2NO3S. The number of nitrogens with one attached hydrogen (secondary N) is 1. The van der Waals surface area contributed by atoms with Gasteiger partial charge in [0.1, 0.15) is 0 Å². The lowest BCUT2D eigenvalue weighted by Gasteiger charge is -2.13. The Morgan fingerprint density at radius 3 is 2.55 bits per heavy atom. The first-order valence-corrected chi connectivity index (χ1v) is 7.14. The highest BCUT2D eigenvalue weighted by Crippen LogP contribution is 2.23. The second kappa shape index (κ2) is 6.26. The van der Waals surface area contributed by atoms with E-state index in [0.29, 0.717) is 9.90 Å². The highest BCUT2D eigenvalue weighted by atomic mass is 35.5. The van der Waals surface area contributed by atoms with E-state index in [1.807, 2.05) is 0 Å². The van der Waals surface area contributed by atoms with Gasteiger partial charge in [0.15, 0.2) is 6.04 Å². The van der Waals surface area contributed by atoms with Gasteiger partial charge in [0, 0.05) is 9.90 Å². The number of amides is 1. The lowest BCUT2D eigenvalue weighted by atomic mass is 10.1. The molecule has 20 heavy (non-hydrogen) atoms. The minimum atomic E-state index is -1.13. The maximum atomic E-state index is 12.1. The van der Waals surface area contributed by atoms with Crippen LogP contribution in [0, 0.1) is 0 Å². The van der Waals surface area contributed by atoms with Crippen LogP contribution in [0.1, 0.15) is 21.3 Å². The van der Waals surface area contributed by atoms with E-state index in [-0.39, 0.29) is 10.6 Å². The summed E-state index contributed by atoms with van der Waals surface area (Å²) < 4.78 is 0. The topological polar surface area (TPSA) is 66.4 Å². The van der Waals surface area contributed by atoms with Gasteiger partial charge in [-0.15, -0.1) is 11.3 Å². The molecule has 1 atom stereocenters. The maximum Gasteiger partial charge on any atom is 0.331 e. The summed E-state index contributed by atoms with van der Waals surface area (Å²) in [5, 5.41) is 13.9. The summed E-state index contributed by atoms with van der Waals surface area (Å²) in [7, 11) is 0. The Morgan fingerprint density at radius 2 is 2.00 bits per heavy atom. The van der Waals surface area contributed by atoms with Crippen molar-refractivity contribution in [3.8, 4) is 0 Å². The number of carboxylic acids is 1. The minimum absolute atomic E-state index is 0.172. The number of hydrogen-bond donors (Lipinski definition) is 2. The molecule has 0 bridgehead atoms. The third kappa shape index (κ3) is 3.30. The van der Waals surface area contributed by atoms with Gasteiger partial charge in [0.25, 0.3) is 5.91 Å². The summed E-state index contributed by atoms with van der Waals surface area (Å²) in [4.78, 5) is 23.9. The molecule has 1 aromatic heterocycles. The number of carbonyl (C=O) groups excluding carboxylic acids is 1. The summed E-state index contributed by atoms with van der Waals surface area (Å²) in [5.74, 6) is -1.70. The van der Waals surface area contributed by atoms with Gasteiger partial charge >= 0.3 is 5.97 Å². The highest BCUT2D eigenvalue weighted by molar-refractivity contribution is 7.10. The van der Waals surface area contributed by atoms with E-state index in [0.717, 1.165) is 0 Å². The van der Waals surface area contributed by atoms with Crippen molar-refractivity contribution < 1.29 is 14.7 Å². The Morgan fingerprint density at radius 1 is 1.25 bits per heavy atom. The van der Waals surface area contributed by atoms with E-state index < -0.39 is 17.9 Å². The van der Waals surface area contributed by atoms with Crippen molar-refractivity contribution in [1.29, 1.82) is 0 Å². The van der Waals surface area contributed by atoms with Crippen LogP contribution in [0.3, 0.4) is 0 Å². The molecule has 2 N–H and O–H groups in total. The van der Waals surface area contributed by atoms with Gasteiger partial charge in [0.05, 0.1) is 10.6 Å². The molecule has 0 aliphatic carbocycles. The normalized spacial score (nSPS) is 11.9. The smallest absolute Gasteiger partial charge is 0.331 e. The maximum absolute atomic E-state index is 12.1. The van der Waals surface area contributed by atoms with E-state index in [1.54, 1.807) is 17.5 Å². The molecule has 0 saturated heterocycles. The number of aliphatic carboxylic acids is 1. The largest absolute Gasteiger partial charge is 0.479 e. The second-order valence-electron chi connectivity index (χ2n) is 3.88. The number of carboxylic acid groups (broad SMARTS) is 1. The molecule has 2 aromatic rings. The molecule has 0 spiro atoms. The van der Waals surface area contributed by atoms with Gasteiger partial charge in [-0.25, -0.2) is 4.79 Å². The predicted molar refractivity (Wildman–Crippen MR) is 78.6 cm³/mol. The molecule has 4 nitrogen and oxygen atoms in total. The van der Waals surface area contributed by atoms with Crippen LogP contribution in [0.15, 0.2) is 35.7 Å². The predicted octanol–water partition coefficient (Wildman–Crippen LogP) is 3.61. The van der Waals surface area contributed by atoms with Gasteiger partial charge < -0.3 is 10.4 Å². The SMILES string of the molecule is O=C(NC(C(=O)O)c1cccs1)c1ccc(Cl)cc1Cl. The Balaban J connectivity index is 2.23. The van der Waals surface area contributed by atoms with Gasteiger partial charge in [0.2, 0.25) is 0 Å². The number of thiophene rings is 1. The summed E-state index contributed by atoms with van der Waals surface area (Å²) in [5.41, 5.74) is 0.180. The molecule has 1 aromatic carbocycles. The monoisotopic (exact) mass is 329 g/mol. The van der Waals surface area contributed by atoms with Crippen molar-refractivity contribution >= 4 is 46.4 Å². The molecule has 1 heterocycles. The molecule has 0 aliphatic heterocycles. The van der Waals surface area contributed by atoms with Crippen LogP contribution in [-0.2, 0) is 4.79 Å². The molecule has 0 radical (unpaired) electrons. The number of hydrogen-bond acceptors (Lipinski definition) is 3. The van der Waals surface area contributed by atoms with Crippen molar-refractivity contribution in [2.75, 3.05) is 0 Å². The zero-order valence-electron chi connectivity index (χ0n) is 9.97. The van der Waals surface area contributed by atoms with Crippen LogP contribution in [0.4, 0.5) is 0 Å². The Kier molecular flexibility index (Phi) is 4.65.